The summed E-state index contributed by atoms with van der Waals surface area (Å²) in [6.07, 6.45) is 28.3. The van der Waals surface area contributed by atoms with Crippen molar-refractivity contribution in [1.82, 2.24) is 0 Å². The Balaban J connectivity index is 3.04. The van der Waals surface area contributed by atoms with Crippen LogP contribution < -0.4 is 0 Å². The standard InChI is InChI=1S/C24H48O/c1-3-5-6-7-8-9-10-11-12-13-14-15-16-17-18-19-20-21-22-24(4-2)23-25/h3,24-25H,1,4-23H2,2H3. The van der Waals surface area contributed by atoms with E-state index in [4.69, 9.17) is 5.11 Å². The number of aliphatic hydroxyl groups is 1. The molecule has 0 aromatic rings. The van der Waals surface area contributed by atoms with Crippen molar-refractivity contribution in [3.63, 3.8) is 0 Å². The van der Waals surface area contributed by atoms with Crippen molar-refractivity contribution in [1.29, 1.82) is 0 Å². The summed E-state index contributed by atoms with van der Waals surface area (Å²) in [5.41, 5.74) is 0. The lowest BCUT2D eigenvalue weighted by Gasteiger charge is -2.10. The molecule has 0 fully saturated rings. The van der Waals surface area contributed by atoms with Crippen molar-refractivity contribution in [2.75, 3.05) is 6.61 Å². The van der Waals surface area contributed by atoms with Crippen LogP contribution in [0.4, 0.5) is 0 Å². The zero-order valence-corrected chi connectivity index (χ0v) is 17.5. The lowest BCUT2D eigenvalue weighted by molar-refractivity contribution is 0.211. The zero-order valence-electron chi connectivity index (χ0n) is 17.5. The molecule has 1 N–H and O–H groups in total. The molecule has 150 valence electrons. The summed E-state index contributed by atoms with van der Waals surface area (Å²) in [6, 6.07) is 0. The quantitative estimate of drug-likeness (QED) is 0.163. The van der Waals surface area contributed by atoms with Crippen molar-refractivity contribution < 1.29 is 5.11 Å². The lowest BCUT2D eigenvalue weighted by atomic mass is 9.98. The van der Waals surface area contributed by atoms with Gasteiger partial charge in [-0.1, -0.05) is 116 Å². The van der Waals surface area contributed by atoms with Crippen molar-refractivity contribution in [3.05, 3.63) is 12.7 Å². The van der Waals surface area contributed by atoms with Gasteiger partial charge in [-0.3, -0.25) is 0 Å². The van der Waals surface area contributed by atoms with Crippen LogP contribution in [-0.2, 0) is 0 Å². The third-order valence-electron chi connectivity index (χ3n) is 5.61. The van der Waals surface area contributed by atoms with Gasteiger partial charge in [-0.25, -0.2) is 0 Å². The van der Waals surface area contributed by atoms with E-state index in [2.05, 4.69) is 13.5 Å². The van der Waals surface area contributed by atoms with Crippen molar-refractivity contribution >= 4 is 0 Å². The SMILES string of the molecule is C=CCCCCCCCCCCCCCCCCCCC(CC)CO. The molecular weight excluding hydrogens is 304 g/mol. The highest BCUT2D eigenvalue weighted by Crippen LogP contribution is 2.16. The summed E-state index contributed by atoms with van der Waals surface area (Å²) in [5, 5.41) is 9.17. The molecule has 1 nitrogen and oxygen atoms in total. The maximum absolute atomic E-state index is 9.17. The Labute approximate surface area is 159 Å². The molecule has 0 radical (unpaired) electrons. The first-order chi connectivity index (χ1) is 12.3. The second kappa shape index (κ2) is 21.7. The lowest BCUT2D eigenvalue weighted by Crippen LogP contribution is -2.03. The van der Waals surface area contributed by atoms with Gasteiger partial charge in [0.15, 0.2) is 0 Å². The molecule has 0 saturated heterocycles. The molecule has 0 aliphatic carbocycles. The number of allylic oxidation sites excluding steroid dienone is 1. The van der Waals surface area contributed by atoms with E-state index in [0.29, 0.717) is 12.5 Å². The van der Waals surface area contributed by atoms with Gasteiger partial charge < -0.3 is 5.11 Å². The molecule has 0 rings (SSSR count). The Morgan fingerprint density at radius 2 is 1.00 bits per heavy atom. The molecule has 1 heteroatoms. The largest absolute Gasteiger partial charge is 0.396 e. The molecule has 0 aliphatic heterocycles. The second-order valence-electron chi connectivity index (χ2n) is 7.98. The molecule has 0 aliphatic rings. The second-order valence-corrected chi connectivity index (χ2v) is 7.98. The van der Waals surface area contributed by atoms with Gasteiger partial charge in [0.2, 0.25) is 0 Å². The monoisotopic (exact) mass is 352 g/mol. The molecule has 25 heavy (non-hydrogen) atoms. The Hall–Kier alpha value is -0.300. The Bertz CT molecular complexity index is 244. The topological polar surface area (TPSA) is 20.2 Å². The van der Waals surface area contributed by atoms with Gasteiger partial charge in [0, 0.05) is 6.61 Å². The van der Waals surface area contributed by atoms with Gasteiger partial charge in [0.05, 0.1) is 0 Å². The third-order valence-corrected chi connectivity index (χ3v) is 5.61. The van der Waals surface area contributed by atoms with Crippen molar-refractivity contribution in [3.8, 4) is 0 Å². The molecule has 0 heterocycles. The summed E-state index contributed by atoms with van der Waals surface area (Å²) in [7, 11) is 0. The zero-order chi connectivity index (χ0) is 18.4. The minimum absolute atomic E-state index is 0.381. The molecule has 0 saturated carbocycles. The van der Waals surface area contributed by atoms with E-state index in [0.717, 1.165) is 6.42 Å². The smallest absolute Gasteiger partial charge is 0.0459 e. The van der Waals surface area contributed by atoms with Crippen LogP contribution in [0.3, 0.4) is 0 Å². The van der Waals surface area contributed by atoms with Gasteiger partial charge in [-0.2, -0.15) is 0 Å². The van der Waals surface area contributed by atoms with E-state index in [-0.39, 0.29) is 0 Å². The third kappa shape index (κ3) is 19.9. The summed E-state index contributed by atoms with van der Waals surface area (Å²) in [6.45, 7) is 6.34. The number of rotatable bonds is 21. The minimum atomic E-state index is 0.381. The van der Waals surface area contributed by atoms with Crippen LogP contribution in [-0.4, -0.2) is 11.7 Å². The van der Waals surface area contributed by atoms with E-state index in [1.807, 2.05) is 6.08 Å². The molecule has 0 aromatic heterocycles. The van der Waals surface area contributed by atoms with Crippen molar-refractivity contribution in [2.24, 2.45) is 5.92 Å². The van der Waals surface area contributed by atoms with Crippen LogP contribution in [0, 0.1) is 5.92 Å². The van der Waals surface area contributed by atoms with Crippen LogP contribution in [0.2, 0.25) is 0 Å². The number of hydrogen-bond donors (Lipinski definition) is 1. The maximum Gasteiger partial charge on any atom is 0.0459 e. The number of aliphatic hydroxyl groups excluding tert-OH is 1. The highest BCUT2D eigenvalue weighted by Gasteiger charge is 2.03. The fourth-order valence-corrected chi connectivity index (χ4v) is 3.62. The van der Waals surface area contributed by atoms with Gasteiger partial charge in [0.1, 0.15) is 0 Å². The summed E-state index contributed by atoms with van der Waals surface area (Å²) < 4.78 is 0. The normalized spacial score (nSPS) is 12.4. The average molecular weight is 353 g/mol. The fraction of sp³-hybridized carbons (Fsp3) is 0.917. The average Bonchev–Trinajstić information content (AvgIpc) is 2.64. The first kappa shape index (κ1) is 24.7. The van der Waals surface area contributed by atoms with E-state index in [1.54, 1.807) is 0 Å². The van der Waals surface area contributed by atoms with Crippen LogP contribution in [0.1, 0.15) is 129 Å². The summed E-state index contributed by atoms with van der Waals surface area (Å²) >= 11 is 0. The highest BCUT2D eigenvalue weighted by molar-refractivity contribution is 4.65. The Morgan fingerprint density at radius 3 is 1.32 bits per heavy atom. The minimum Gasteiger partial charge on any atom is -0.396 e. The van der Waals surface area contributed by atoms with Crippen LogP contribution >= 0.6 is 0 Å². The number of unbranched alkanes of at least 4 members (excludes halogenated alkanes) is 16. The summed E-state index contributed by atoms with van der Waals surface area (Å²) in [5.74, 6) is 0.553. The molecule has 1 unspecified atom stereocenters. The highest BCUT2D eigenvalue weighted by atomic mass is 16.3. The van der Waals surface area contributed by atoms with Crippen molar-refractivity contribution in [2.45, 2.75) is 129 Å². The molecule has 1 atom stereocenters. The molecule has 0 spiro atoms. The van der Waals surface area contributed by atoms with Crippen LogP contribution in [0.15, 0.2) is 12.7 Å². The van der Waals surface area contributed by atoms with Gasteiger partial charge >= 0.3 is 0 Å². The van der Waals surface area contributed by atoms with Gasteiger partial charge in [0.25, 0.3) is 0 Å². The molecular formula is C24H48O. The summed E-state index contributed by atoms with van der Waals surface area (Å²) in [4.78, 5) is 0. The molecule has 0 amide bonds. The molecule has 0 aromatic carbocycles. The van der Waals surface area contributed by atoms with Gasteiger partial charge in [-0.15, -0.1) is 6.58 Å². The number of hydrogen-bond acceptors (Lipinski definition) is 1. The van der Waals surface area contributed by atoms with E-state index >= 15 is 0 Å². The molecule has 0 bridgehead atoms. The van der Waals surface area contributed by atoms with Crippen LogP contribution in [0.5, 0.6) is 0 Å². The predicted octanol–water partition coefficient (Wildman–Crippen LogP) is 8.21. The van der Waals surface area contributed by atoms with Gasteiger partial charge in [-0.05, 0) is 25.2 Å². The first-order valence-corrected chi connectivity index (χ1v) is 11.6. The predicted molar refractivity (Wildman–Crippen MR) is 114 cm³/mol. The van der Waals surface area contributed by atoms with E-state index in [9.17, 15) is 0 Å². The van der Waals surface area contributed by atoms with E-state index in [1.165, 1.54) is 116 Å². The Kier molecular flexibility index (Phi) is 21.5. The first-order valence-electron chi connectivity index (χ1n) is 11.6. The Morgan fingerprint density at radius 1 is 0.640 bits per heavy atom. The fourth-order valence-electron chi connectivity index (χ4n) is 3.62. The maximum atomic E-state index is 9.17. The van der Waals surface area contributed by atoms with E-state index < -0.39 is 0 Å². The van der Waals surface area contributed by atoms with Crippen LogP contribution in [0.25, 0.3) is 0 Å².